The Labute approximate surface area is 231 Å². The number of aromatic nitrogens is 2. The third kappa shape index (κ3) is 4.54. The van der Waals surface area contributed by atoms with E-state index < -0.39 is 0 Å². The normalized spacial score (nSPS) is 11.8. The molecule has 0 aliphatic heterocycles. The summed E-state index contributed by atoms with van der Waals surface area (Å²) in [5.41, 5.74) is 10.2. The van der Waals surface area contributed by atoms with Gasteiger partial charge in [0, 0.05) is 21.7 Å². The topological polar surface area (TPSA) is 26.5 Å². The largest absolute Gasteiger partial charge is 0.497 e. The molecule has 6 rings (SSSR count). The van der Waals surface area contributed by atoms with Crippen molar-refractivity contribution < 1.29 is 4.74 Å². The van der Waals surface area contributed by atoms with Gasteiger partial charge in [0.05, 0.1) is 23.7 Å². The van der Waals surface area contributed by atoms with Crippen molar-refractivity contribution in [2.24, 2.45) is 0 Å². The lowest BCUT2D eigenvalue weighted by Crippen LogP contribution is -2.05. The zero-order chi connectivity index (χ0) is 26.8. The van der Waals surface area contributed by atoms with Crippen LogP contribution in [-0.4, -0.2) is 16.5 Å². The first kappa shape index (κ1) is 25.4. The highest BCUT2D eigenvalue weighted by molar-refractivity contribution is 6.10. The Morgan fingerprint density at radius 3 is 2.15 bits per heavy atom. The summed E-state index contributed by atoms with van der Waals surface area (Å²) in [7, 11) is 1.73. The Morgan fingerprint density at radius 1 is 0.718 bits per heavy atom. The van der Waals surface area contributed by atoms with Crippen LogP contribution >= 0.6 is 0 Å². The van der Waals surface area contributed by atoms with Crippen LogP contribution in [0.25, 0.3) is 49.5 Å². The molecule has 39 heavy (non-hydrogen) atoms. The minimum atomic E-state index is 0.883. The minimum Gasteiger partial charge on any atom is -0.497 e. The molecule has 0 N–H and O–H groups in total. The number of hydrogen-bond acceptors (Lipinski definition) is 2. The predicted molar refractivity (Wildman–Crippen MR) is 166 cm³/mol. The second-order valence-corrected chi connectivity index (χ2v) is 10.7. The lowest BCUT2D eigenvalue weighted by atomic mass is 9.91. The summed E-state index contributed by atoms with van der Waals surface area (Å²) in [6.07, 6.45) is 9.50. The quantitative estimate of drug-likeness (QED) is 0.134. The molecule has 3 heterocycles. The molecule has 0 fully saturated rings. The van der Waals surface area contributed by atoms with Gasteiger partial charge < -0.3 is 4.74 Å². The van der Waals surface area contributed by atoms with Crippen LogP contribution in [0.4, 0.5) is 0 Å². The summed E-state index contributed by atoms with van der Waals surface area (Å²) in [6, 6.07) is 28.4. The number of methoxy groups -OCH3 is 1. The van der Waals surface area contributed by atoms with Crippen molar-refractivity contribution >= 4 is 38.4 Å². The van der Waals surface area contributed by atoms with Gasteiger partial charge in [-0.25, -0.2) is 4.98 Å². The maximum absolute atomic E-state index is 5.51. The number of unbranched alkanes of at least 4 members (excludes halogenated alkanes) is 4. The lowest BCUT2D eigenvalue weighted by molar-refractivity contribution is 0.415. The smallest absolute Gasteiger partial charge is 0.145 e. The van der Waals surface area contributed by atoms with Crippen LogP contribution in [0.2, 0.25) is 0 Å². The fourth-order valence-corrected chi connectivity index (χ4v) is 6.26. The molecule has 3 heteroatoms. The van der Waals surface area contributed by atoms with E-state index in [0.717, 1.165) is 29.8 Å². The van der Waals surface area contributed by atoms with Gasteiger partial charge in [0.25, 0.3) is 0 Å². The van der Waals surface area contributed by atoms with E-state index in [1.165, 1.54) is 88.0 Å². The van der Waals surface area contributed by atoms with Crippen LogP contribution in [0.1, 0.15) is 63.5 Å². The molecule has 3 nitrogen and oxygen atoms in total. The van der Waals surface area contributed by atoms with Crippen LogP contribution in [-0.2, 0) is 12.8 Å². The molecule has 0 atom stereocenters. The van der Waals surface area contributed by atoms with Gasteiger partial charge in [-0.05, 0) is 72.7 Å². The molecule has 3 aromatic carbocycles. The highest BCUT2D eigenvalue weighted by Gasteiger charge is 2.23. The maximum atomic E-state index is 5.51. The second-order valence-electron chi connectivity index (χ2n) is 10.7. The predicted octanol–water partition coefficient (Wildman–Crippen LogP) is 9.93. The third-order valence-corrected chi connectivity index (χ3v) is 8.20. The Morgan fingerprint density at radius 2 is 1.41 bits per heavy atom. The fraction of sp³-hybridized carbons (Fsp3) is 0.306. The summed E-state index contributed by atoms with van der Waals surface area (Å²) in [5, 5.41) is 3.81. The molecule has 198 valence electrons. The van der Waals surface area contributed by atoms with Gasteiger partial charge in [-0.15, -0.1) is 0 Å². The number of ether oxygens (including phenoxy) is 1. The summed E-state index contributed by atoms with van der Waals surface area (Å²) in [6.45, 7) is 4.59. The number of nitrogens with zero attached hydrogens (tertiary/aromatic N) is 2. The second kappa shape index (κ2) is 11.1. The number of benzene rings is 3. The van der Waals surface area contributed by atoms with E-state index in [4.69, 9.17) is 9.72 Å². The van der Waals surface area contributed by atoms with Crippen LogP contribution in [0.3, 0.4) is 0 Å². The molecule has 0 unspecified atom stereocenters. The van der Waals surface area contributed by atoms with E-state index in [2.05, 4.69) is 97.1 Å². The monoisotopic (exact) mass is 514 g/mol. The van der Waals surface area contributed by atoms with Gasteiger partial charge >= 0.3 is 0 Å². The van der Waals surface area contributed by atoms with Crippen LogP contribution in [0, 0.1) is 0 Å². The Kier molecular flexibility index (Phi) is 7.24. The van der Waals surface area contributed by atoms with Gasteiger partial charge in [0.15, 0.2) is 0 Å². The Hall–Kier alpha value is -3.85. The molecule has 6 aromatic rings. The summed E-state index contributed by atoms with van der Waals surface area (Å²) in [5.74, 6) is 0.883. The summed E-state index contributed by atoms with van der Waals surface area (Å²) >= 11 is 0. The van der Waals surface area contributed by atoms with Crippen molar-refractivity contribution in [2.75, 3.05) is 7.11 Å². The molecular weight excluding hydrogens is 476 g/mol. The van der Waals surface area contributed by atoms with Crippen molar-refractivity contribution in [3.05, 3.63) is 90.0 Å². The fourth-order valence-electron chi connectivity index (χ4n) is 6.26. The minimum absolute atomic E-state index is 0.883. The maximum Gasteiger partial charge on any atom is 0.145 e. The summed E-state index contributed by atoms with van der Waals surface area (Å²) in [4.78, 5) is 5.36. The third-order valence-electron chi connectivity index (χ3n) is 8.20. The van der Waals surface area contributed by atoms with E-state index in [-0.39, 0.29) is 0 Å². The van der Waals surface area contributed by atoms with E-state index in [1.807, 2.05) is 0 Å². The average molecular weight is 515 g/mol. The highest BCUT2D eigenvalue weighted by Crippen LogP contribution is 2.42. The molecule has 0 amide bonds. The van der Waals surface area contributed by atoms with Gasteiger partial charge in [-0.3, -0.25) is 4.40 Å². The Balaban J connectivity index is 1.79. The first-order valence-corrected chi connectivity index (χ1v) is 14.7. The van der Waals surface area contributed by atoms with E-state index in [1.54, 1.807) is 7.11 Å². The van der Waals surface area contributed by atoms with Gasteiger partial charge in [-0.2, -0.15) is 0 Å². The van der Waals surface area contributed by atoms with Gasteiger partial charge in [0.1, 0.15) is 11.4 Å². The zero-order valence-electron chi connectivity index (χ0n) is 23.5. The molecule has 0 aliphatic rings. The molecule has 0 spiro atoms. The number of pyridine rings is 2. The van der Waals surface area contributed by atoms with E-state index in [9.17, 15) is 0 Å². The van der Waals surface area contributed by atoms with Crippen LogP contribution in [0.5, 0.6) is 5.75 Å². The molecule has 3 aromatic heterocycles. The first-order valence-electron chi connectivity index (χ1n) is 14.7. The van der Waals surface area contributed by atoms with Crippen molar-refractivity contribution in [1.29, 1.82) is 0 Å². The van der Waals surface area contributed by atoms with Crippen molar-refractivity contribution in [3.8, 4) is 16.9 Å². The van der Waals surface area contributed by atoms with Crippen LogP contribution < -0.4 is 4.74 Å². The standard InChI is InChI=1S/C36H38N2O/c1-4-6-8-15-28-29(16-9-7-5-2)35-34(25-20-22-27(39-3)23-21-25)30-17-11-13-19-33(30)38(35)36-31(28)24-26-14-10-12-18-32(26)37-36/h10-14,17-24H,4-9,15-16H2,1-3H3. The average Bonchev–Trinajstić information content (AvgIpc) is 3.33. The number of rotatable bonds is 10. The molecule has 0 saturated carbocycles. The van der Waals surface area contributed by atoms with Gasteiger partial charge in [-0.1, -0.05) is 88.1 Å². The zero-order valence-corrected chi connectivity index (χ0v) is 23.5. The van der Waals surface area contributed by atoms with Crippen molar-refractivity contribution in [3.63, 3.8) is 0 Å². The molecule has 0 bridgehead atoms. The summed E-state index contributed by atoms with van der Waals surface area (Å²) < 4.78 is 7.98. The molecule has 0 radical (unpaired) electrons. The number of para-hydroxylation sites is 2. The number of hydrogen-bond donors (Lipinski definition) is 0. The molecule has 0 aliphatic carbocycles. The molecule has 0 saturated heterocycles. The van der Waals surface area contributed by atoms with Gasteiger partial charge in [0.2, 0.25) is 0 Å². The SMILES string of the molecule is CCCCCc1c(CCCCC)c2c(-c3ccc(OC)cc3)c3ccccc3n2c2nc3ccccc3cc12. The number of fused-ring (bicyclic) bond motifs is 6. The highest BCUT2D eigenvalue weighted by atomic mass is 16.5. The van der Waals surface area contributed by atoms with E-state index >= 15 is 0 Å². The first-order chi connectivity index (χ1) is 19.2. The van der Waals surface area contributed by atoms with Crippen LogP contribution in [0.15, 0.2) is 78.9 Å². The number of aryl methyl sites for hydroxylation is 2. The van der Waals surface area contributed by atoms with Crippen molar-refractivity contribution in [2.45, 2.75) is 65.2 Å². The van der Waals surface area contributed by atoms with E-state index in [0.29, 0.717) is 0 Å². The Bertz CT molecular complexity index is 1760. The lowest BCUT2D eigenvalue weighted by Gasteiger charge is -2.19. The molecular formula is C36H38N2O. The van der Waals surface area contributed by atoms with Crippen molar-refractivity contribution in [1.82, 2.24) is 9.38 Å².